The molecule has 60 heavy (non-hydrogen) atoms. The lowest BCUT2D eigenvalue weighted by Crippen LogP contribution is -2.36. The molecule has 0 atom stereocenters. The first-order chi connectivity index (χ1) is 32.6. The third-order valence-electron chi connectivity index (χ3n) is 7.68. The molecule has 14 nitrogen and oxygen atoms in total. The fraction of sp³-hybridized carbons (Fsp3) is 0.395. The monoisotopic (exact) mass is 898 g/mol. The van der Waals surface area contributed by atoms with Crippen LogP contribution in [0.3, 0.4) is 0 Å². The Morgan fingerprint density at radius 3 is 1.45 bits per heavy atom. The summed E-state index contributed by atoms with van der Waals surface area (Å²) in [4.78, 5) is 24.6. The maximum atomic E-state index is 12.5. The highest BCUT2D eigenvalue weighted by molar-refractivity contribution is 7.86. The summed E-state index contributed by atoms with van der Waals surface area (Å²) in [5.74, 6) is -0.478. The minimum Gasteiger partial charge on any atom is -0.485 e. The highest BCUT2D eigenvalue weighted by Crippen LogP contribution is 2.23. The predicted octanol–water partition coefficient (Wildman–Crippen LogP) is 7.20. The van der Waals surface area contributed by atoms with E-state index in [1.807, 2.05) is 0 Å². The topological polar surface area (TPSA) is 170 Å². The summed E-state index contributed by atoms with van der Waals surface area (Å²) in [7, 11) is -4.65. The van der Waals surface area contributed by atoms with Crippen molar-refractivity contribution in [1.29, 1.82) is 0 Å². The van der Waals surface area contributed by atoms with E-state index in [9.17, 15) is 18.0 Å². The highest BCUT2D eigenvalue weighted by atomic mass is 35.5. The SMILES string of the molecule is [2H]C([2H])(Oc1cnn(C(C)(C)C)c(=O)c1Cl)c1ccc(COC([2H])([2H])C([2H])([2H])O)cc1.[2H]C([2H])(Oc1cnn(C(C)(C)C)c(=O)c1Cl)c1ccc(COC([2H])([2H])C([2H])([2H])OS(=O)(=O)c2ccc(C)cc2)cc1. The van der Waals surface area contributed by atoms with Crippen molar-refractivity contribution in [3.8, 4) is 11.5 Å². The summed E-state index contributed by atoms with van der Waals surface area (Å²) in [6.07, 6.45) is 2.31. The van der Waals surface area contributed by atoms with Gasteiger partial charge in [0.2, 0.25) is 0 Å². The molecule has 0 aliphatic heterocycles. The Morgan fingerprint density at radius 2 is 1.05 bits per heavy atom. The second kappa shape index (κ2) is 21.8. The molecule has 3 aromatic carbocycles. The van der Waals surface area contributed by atoms with E-state index in [0.717, 1.165) is 16.4 Å². The Hall–Kier alpha value is -4.61. The predicted molar refractivity (Wildman–Crippen MR) is 229 cm³/mol. The van der Waals surface area contributed by atoms with Gasteiger partial charge in [0.25, 0.3) is 21.2 Å². The quantitative estimate of drug-likeness (QED) is 0.0933. The number of halogens is 2. The molecule has 2 aromatic heterocycles. The number of ether oxygens (including phenoxy) is 4. The molecule has 0 radical (unpaired) electrons. The van der Waals surface area contributed by atoms with Crippen molar-refractivity contribution in [3.63, 3.8) is 0 Å². The zero-order valence-corrected chi connectivity index (χ0v) is 35.9. The molecular formula is C43H52Cl2N4O10S. The van der Waals surface area contributed by atoms with Crippen LogP contribution in [-0.2, 0) is 61.2 Å². The van der Waals surface area contributed by atoms with Gasteiger partial charge in [-0.25, -0.2) is 9.36 Å². The van der Waals surface area contributed by atoms with Crippen LogP contribution in [0, 0.1) is 6.92 Å². The first kappa shape index (κ1) is 33.1. The van der Waals surface area contributed by atoms with Gasteiger partial charge in [-0.3, -0.25) is 13.8 Å². The number of hydrogen-bond acceptors (Lipinski definition) is 12. The Kier molecular flexibility index (Phi) is 12.0. The van der Waals surface area contributed by atoms with Crippen molar-refractivity contribution in [2.75, 3.05) is 26.2 Å². The standard InChI is InChI=1S/C25H29ClN2O6S.C18H23ClN2O4/c1-18-5-11-21(12-6-18)35(30,31)34-14-13-32-16-19-7-9-20(10-8-19)17-33-22-15-27-28(25(2,3)4)24(29)23(22)26;1-18(2,3)21-17(23)16(19)15(10-20-21)25-12-14-6-4-13(5-7-14)11-24-9-8-22/h5-12,15H,13-14,16-17H2,1-4H3;4-7,10,22H,8-9,11-12H2,1-3H3/i13D2,14D2,17D2;8D2,9D2,12D2. The smallest absolute Gasteiger partial charge is 0.297 e. The van der Waals surface area contributed by atoms with Gasteiger partial charge in [0.1, 0.15) is 13.1 Å². The van der Waals surface area contributed by atoms with E-state index in [1.165, 1.54) is 83.7 Å². The minimum absolute atomic E-state index is 0.0168. The van der Waals surface area contributed by atoms with Gasteiger partial charge in [0.05, 0.1) is 84.3 Å². The molecule has 0 bridgehead atoms. The highest BCUT2D eigenvalue weighted by Gasteiger charge is 2.21. The molecule has 0 unspecified atom stereocenters. The normalized spacial score (nSPS) is 16.2. The Balaban J connectivity index is 0.000000325. The fourth-order valence-electron chi connectivity index (χ4n) is 4.62. The Morgan fingerprint density at radius 1 is 0.650 bits per heavy atom. The largest absolute Gasteiger partial charge is 0.485 e. The summed E-state index contributed by atoms with van der Waals surface area (Å²) in [6.45, 7) is -6.11. The average molecular weight is 900 g/mol. The van der Waals surface area contributed by atoms with Gasteiger partial charge < -0.3 is 24.1 Å². The van der Waals surface area contributed by atoms with Gasteiger partial charge in [-0.15, -0.1) is 0 Å². The van der Waals surface area contributed by atoms with Crippen LogP contribution < -0.4 is 20.6 Å². The van der Waals surface area contributed by atoms with Crippen LogP contribution in [0.1, 0.15) is 85.8 Å². The summed E-state index contributed by atoms with van der Waals surface area (Å²) in [6, 6.07) is 16.4. The average Bonchev–Trinajstić information content (AvgIpc) is 3.24. The molecule has 324 valence electrons. The third kappa shape index (κ3) is 14.3. The van der Waals surface area contributed by atoms with Crippen LogP contribution in [0.2, 0.25) is 10.0 Å². The third-order valence-corrected chi connectivity index (χ3v) is 9.53. The van der Waals surface area contributed by atoms with E-state index < -0.39 is 78.3 Å². The van der Waals surface area contributed by atoms with Crippen LogP contribution >= 0.6 is 23.2 Å². The van der Waals surface area contributed by atoms with E-state index in [-0.39, 0.29) is 44.2 Å². The number of benzene rings is 3. The van der Waals surface area contributed by atoms with E-state index in [2.05, 4.69) is 14.4 Å². The molecule has 0 fully saturated rings. The number of nitrogens with zero attached hydrogens (tertiary/aromatic N) is 4. The van der Waals surface area contributed by atoms with E-state index in [0.29, 0.717) is 11.1 Å². The van der Waals surface area contributed by atoms with E-state index in [1.54, 1.807) is 48.5 Å². The van der Waals surface area contributed by atoms with Crippen molar-refractivity contribution >= 4 is 33.3 Å². The summed E-state index contributed by atoms with van der Waals surface area (Å²) in [5, 5.41) is 16.5. The summed E-state index contributed by atoms with van der Waals surface area (Å²) < 4.78 is 146. The summed E-state index contributed by atoms with van der Waals surface area (Å²) >= 11 is 12.2. The second-order valence-electron chi connectivity index (χ2n) is 14.6. The molecule has 1 N–H and O–H groups in total. The van der Waals surface area contributed by atoms with Crippen LogP contribution in [-0.4, -0.2) is 59.3 Å². The Bertz CT molecular complexity index is 2930. The van der Waals surface area contributed by atoms with Gasteiger partial charge in [-0.05, 0) is 82.9 Å². The maximum Gasteiger partial charge on any atom is 0.297 e. The van der Waals surface area contributed by atoms with Gasteiger partial charge in [0.15, 0.2) is 21.5 Å². The van der Waals surface area contributed by atoms with Crippen molar-refractivity contribution in [2.24, 2.45) is 0 Å². The summed E-state index contributed by atoms with van der Waals surface area (Å²) in [5.41, 5.74) is -0.983. The second-order valence-corrected chi connectivity index (χ2v) is 16.9. The zero-order chi connectivity index (χ0) is 54.8. The first-order valence-electron chi connectivity index (χ1n) is 23.8. The molecule has 17 heteroatoms. The van der Waals surface area contributed by atoms with Crippen molar-refractivity contribution < 1.29 is 53.1 Å². The molecule has 0 saturated carbocycles. The number of aryl methyl sites for hydroxylation is 1. The van der Waals surface area contributed by atoms with Crippen LogP contribution in [0.25, 0.3) is 0 Å². The minimum atomic E-state index is -4.65. The number of aliphatic hydroxyl groups is 1. The molecule has 0 spiro atoms. The van der Waals surface area contributed by atoms with Gasteiger partial charge >= 0.3 is 0 Å². The number of rotatable bonds is 17. The van der Waals surface area contributed by atoms with E-state index in [4.69, 9.17) is 63.7 Å². The molecule has 0 aliphatic carbocycles. The van der Waals surface area contributed by atoms with Crippen LogP contribution in [0.15, 0.2) is 99.7 Å². The lowest BCUT2D eigenvalue weighted by atomic mass is 10.1. The molecule has 0 amide bonds. The molecular weight excluding hydrogens is 835 g/mol. The van der Waals surface area contributed by atoms with Crippen molar-refractivity contribution in [2.45, 2.75) is 90.8 Å². The molecule has 5 rings (SSSR count). The van der Waals surface area contributed by atoms with Gasteiger partial charge in [-0.2, -0.15) is 18.6 Å². The number of hydrogen-bond donors (Lipinski definition) is 1. The molecule has 5 aromatic rings. The Labute approximate surface area is 377 Å². The molecule has 2 heterocycles. The molecule has 0 saturated heterocycles. The van der Waals surface area contributed by atoms with Crippen molar-refractivity contribution in [1.82, 2.24) is 19.6 Å². The van der Waals surface area contributed by atoms with Gasteiger partial charge in [0, 0.05) is 0 Å². The van der Waals surface area contributed by atoms with Gasteiger partial charge in [-0.1, -0.05) is 89.4 Å². The fourth-order valence-corrected chi connectivity index (χ4v) is 5.67. The van der Waals surface area contributed by atoms with Crippen LogP contribution in [0.4, 0.5) is 0 Å². The first-order valence-corrected chi connectivity index (χ1v) is 19.9. The lowest BCUT2D eigenvalue weighted by Gasteiger charge is -2.21. The van der Waals surface area contributed by atoms with Crippen LogP contribution in [0.5, 0.6) is 11.5 Å². The maximum absolute atomic E-state index is 12.5. The lowest BCUT2D eigenvalue weighted by molar-refractivity contribution is 0.0815. The molecule has 0 aliphatic rings. The zero-order valence-electron chi connectivity index (χ0n) is 45.6. The number of aromatic nitrogens is 4. The van der Waals surface area contributed by atoms with E-state index >= 15 is 0 Å². The van der Waals surface area contributed by atoms with Crippen molar-refractivity contribution in [3.05, 3.63) is 144 Å².